The summed E-state index contributed by atoms with van der Waals surface area (Å²) in [5, 5.41) is 17.3. The first kappa shape index (κ1) is 21.0. The lowest BCUT2D eigenvalue weighted by Gasteiger charge is -2.47. The van der Waals surface area contributed by atoms with Crippen LogP contribution in [0, 0.1) is 0 Å². The lowest BCUT2D eigenvalue weighted by Crippen LogP contribution is -2.68. The third kappa shape index (κ3) is 4.53. The number of aliphatic hydroxyl groups is 1. The van der Waals surface area contributed by atoms with Crippen LogP contribution in [0.25, 0.3) is 0 Å². The van der Waals surface area contributed by atoms with Crippen molar-refractivity contribution in [1.82, 2.24) is 15.5 Å². The van der Waals surface area contributed by atoms with Gasteiger partial charge in [-0.3, -0.25) is 4.90 Å². The minimum absolute atomic E-state index is 0.211. The number of carbonyl (C=O) groups is 1. The molecule has 0 radical (unpaired) electrons. The highest BCUT2D eigenvalue weighted by atomic mass is 16.7. The number of aliphatic hydroxyl groups excluding tert-OH is 1. The second-order valence-electron chi connectivity index (χ2n) is 9.19. The third-order valence-electron chi connectivity index (χ3n) is 7.23. The molecule has 8 nitrogen and oxygen atoms in total. The molecule has 2 amide bonds. The highest BCUT2D eigenvalue weighted by molar-refractivity contribution is 5.74. The van der Waals surface area contributed by atoms with E-state index in [2.05, 4.69) is 44.7 Å². The van der Waals surface area contributed by atoms with Gasteiger partial charge in [-0.05, 0) is 25.0 Å². The molecule has 8 heteroatoms. The Morgan fingerprint density at radius 1 is 1.00 bits per heavy atom. The molecular formula is C23H34N4O4. The van der Waals surface area contributed by atoms with Gasteiger partial charge in [0.25, 0.3) is 0 Å². The number of para-hydroxylation sites is 1. The predicted octanol–water partition coefficient (Wildman–Crippen LogP) is 1.29. The predicted molar refractivity (Wildman–Crippen MR) is 117 cm³/mol. The van der Waals surface area contributed by atoms with Gasteiger partial charge in [0.2, 0.25) is 0 Å². The summed E-state index contributed by atoms with van der Waals surface area (Å²) in [6.07, 6.45) is 4.15. The number of carbonyl (C=O) groups excluding carboxylic acids is 1. The van der Waals surface area contributed by atoms with Crippen molar-refractivity contribution in [3.63, 3.8) is 0 Å². The second-order valence-corrected chi connectivity index (χ2v) is 9.19. The van der Waals surface area contributed by atoms with Gasteiger partial charge < -0.3 is 30.1 Å². The second kappa shape index (κ2) is 9.32. The molecule has 2 bridgehead atoms. The van der Waals surface area contributed by atoms with Gasteiger partial charge in [0.05, 0.1) is 24.8 Å². The molecule has 31 heavy (non-hydrogen) atoms. The first-order valence-corrected chi connectivity index (χ1v) is 11.8. The Balaban J connectivity index is 1.20. The van der Waals surface area contributed by atoms with Gasteiger partial charge in [0.15, 0.2) is 6.29 Å². The summed E-state index contributed by atoms with van der Waals surface area (Å²) < 4.78 is 11.9. The fourth-order valence-corrected chi connectivity index (χ4v) is 5.51. The summed E-state index contributed by atoms with van der Waals surface area (Å²) in [6, 6.07) is 9.66. The van der Waals surface area contributed by atoms with Gasteiger partial charge in [-0.15, -0.1) is 0 Å². The van der Waals surface area contributed by atoms with E-state index in [9.17, 15) is 9.90 Å². The van der Waals surface area contributed by atoms with Crippen LogP contribution in [-0.4, -0.2) is 85.4 Å². The maximum Gasteiger partial charge on any atom is 0.315 e. The topological polar surface area (TPSA) is 86.3 Å². The van der Waals surface area contributed by atoms with Crippen molar-refractivity contribution in [2.24, 2.45) is 0 Å². The number of amides is 2. The largest absolute Gasteiger partial charge is 0.389 e. The number of hydrogen-bond acceptors (Lipinski definition) is 6. The number of nitrogens with zero attached hydrogens (tertiary/aromatic N) is 2. The third-order valence-corrected chi connectivity index (χ3v) is 7.23. The van der Waals surface area contributed by atoms with Gasteiger partial charge in [0.1, 0.15) is 6.10 Å². The Morgan fingerprint density at radius 2 is 1.74 bits per heavy atom. The smallest absolute Gasteiger partial charge is 0.315 e. The molecule has 1 aliphatic carbocycles. The van der Waals surface area contributed by atoms with Crippen LogP contribution in [0.5, 0.6) is 0 Å². The molecule has 1 saturated carbocycles. The van der Waals surface area contributed by atoms with Crippen LogP contribution in [0.3, 0.4) is 0 Å². The monoisotopic (exact) mass is 430 g/mol. The first-order valence-electron chi connectivity index (χ1n) is 11.8. The van der Waals surface area contributed by atoms with Crippen LogP contribution >= 0.6 is 0 Å². The van der Waals surface area contributed by atoms with Gasteiger partial charge in [-0.25, -0.2) is 4.79 Å². The van der Waals surface area contributed by atoms with E-state index >= 15 is 0 Å². The van der Waals surface area contributed by atoms with Crippen molar-refractivity contribution in [3.8, 4) is 0 Å². The maximum absolute atomic E-state index is 12.6. The van der Waals surface area contributed by atoms with E-state index in [1.165, 1.54) is 12.1 Å². The highest BCUT2D eigenvalue weighted by Crippen LogP contribution is 2.32. The van der Waals surface area contributed by atoms with Crippen molar-refractivity contribution in [1.29, 1.82) is 0 Å². The standard InChI is InChI=1S/C23H34N4O4/c28-21-19(25-23(29)24-16-7-3-1-4-8-16)18-15-30-22(31-18)20(21)27-13-11-26(12-14-27)17-9-5-2-6-10-17/h2,5-6,9-10,16,18-22,28H,1,3-4,7-8,11-15H2,(H2,24,25,29). The zero-order valence-corrected chi connectivity index (χ0v) is 18.0. The van der Waals surface area contributed by atoms with Crippen LogP contribution in [-0.2, 0) is 9.47 Å². The normalized spacial score (nSPS) is 34.5. The first-order chi connectivity index (χ1) is 15.2. The Bertz CT molecular complexity index is 736. The van der Waals surface area contributed by atoms with Crippen molar-refractivity contribution in [2.75, 3.05) is 37.7 Å². The van der Waals surface area contributed by atoms with Gasteiger partial charge in [0, 0.05) is 37.9 Å². The number of nitrogens with one attached hydrogen (secondary N) is 2. The summed E-state index contributed by atoms with van der Waals surface area (Å²) in [6.45, 7) is 3.78. The van der Waals surface area contributed by atoms with Crippen LogP contribution < -0.4 is 15.5 Å². The minimum atomic E-state index is -0.730. The fraction of sp³-hybridized carbons (Fsp3) is 0.696. The van der Waals surface area contributed by atoms with E-state index < -0.39 is 18.4 Å². The number of urea groups is 1. The lowest BCUT2D eigenvalue weighted by molar-refractivity contribution is -0.181. The average Bonchev–Trinajstić information content (AvgIpc) is 3.24. The van der Waals surface area contributed by atoms with E-state index in [0.717, 1.165) is 51.9 Å². The minimum Gasteiger partial charge on any atom is -0.389 e. The van der Waals surface area contributed by atoms with Crippen molar-refractivity contribution in [3.05, 3.63) is 30.3 Å². The molecule has 4 fully saturated rings. The molecule has 3 N–H and O–H groups in total. The maximum atomic E-state index is 12.6. The molecule has 0 aromatic heterocycles. The summed E-state index contributed by atoms with van der Waals surface area (Å²) in [7, 11) is 0. The fourth-order valence-electron chi connectivity index (χ4n) is 5.51. The molecule has 5 unspecified atom stereocenters. The number of ether oxygens (including phenoxy) is 2. The number of fused-ring (bicyclic) bond motifs is 2. The van der Waals surface area contributed by atoms with E-state index in [0.29, 0.717) is 6.61 Å². The van der Waals surface area contributed by atoms with Crippen molar-refractivity contribution >= 4 is 11.7 Å². The van der Waals surface area contributed by atoms with E-state index in [4.69, 9.17) is 9.47 Å². The van der Waals surface area contributed by atoms with Gasteiger partial charge in [-0.2, -0.15) is 0 Å². The molecule has 3 saturated heterocycles. The molecule has 3 heterocycles. The Hall–Kier alpha value is -1.87. The molecular weight excluding hydrogens is 396 g/mol. The van der Waals surface area contributed by atoms with Gasteiger partial charge >= 0.3 is 6.03 Å². The van der Waals surface area contributed by atoms with E-state index in [1.54, 1.807) is 0 Å². The molecule has 1 aromatic rings. The van der Waals surface area contributed by atoms with Crippen LogP contribution in [0.2, 0.25) is 0 Å². The molecule has 5 rings (SSSR count). The molecule has 0 spiro atoms. The van der Waals surface area contributed by atoms with Crippen molar-refractivity contribution in [2.45, 2.75) is 68.7 Å². The van der Waals surface area contributed by atoms with Crippen LogP contribution in [0.1, 0.15) is 32.1 Å². The van der Waals surface area contributed by atoms with E-state index in [-0.39, 0.29) is 24.2 Å². The zero-order chi connectivity index (χ0) is 21.2. The SMILES string of the molecule is O=C(NC1CCCCC1)NC1C2COC(O2)C(N2CCN(c3ccccc3)CC2)C1O. The number of piperazine rings is 1. The van der Waals surface area contributed by atoms with Crippen LogP contribution in [0.15, 0.2) is 30.3 Å². The molecule has 4 aliphatic rings. The number of rotatable bonds is 4. The van der Waals surface area contributed by atoms with Crippen molar-refractivity contribution < 1.29 is 19.4 Å². The van der Waals surface area contributed by atoms with Gasteiger partial charge in [-0.1, -0.05) is 37.5 Å². The zero-order valence-electron chi connectivity index (χ0n) is 18.0. The molecule has 1 aromatic carbocycles. The lowest BCUT2D eigenvalue weighted by atomic mass is 9.94. The number of anilines is 1. The number of hydrogen-bond donors (Lipinski definition) is 3. The Morgan fingerprint density at radius 3 is 2.48 bits per heavy atom. The summed E-state index contributed by atoms with van der Waals surface area (Å²) in [4.78, 5) is 17.2. The number of benzene rings is 1. The Labute approximate surface area is 183 Å². The van der Waals surface area contributed by atoms with E-state index in [1.807, 2.05) is 6.07 Å². The average molecular weight is 431 g/mol. The molecule has 5 atom stereocenters. The Kier molecular flexibility index (Phi) is 6.31. The highest BCUT2D eigenvalue weighted by Gasteiger charge is 2.53. The van der Waals surface area contributed by atoms with Crippen LogP contribution in [0.4, 0.5) is 10.5 Å². The summed E-state index contributed by atoms with van der Waals surface area (Å²) >= 11 is 0. The summed E-state index contributed by atoms with van der Waals surface area (Å²) in [5.41, 5.74) is 1.22. The molecule has 3 aliphatic heterocycles. The quantitative estimate of drug-likeness (QED) is 0.668. The summed E-state index contributed by atoms with van der Waals surface area (Å²) in [5.74, 6) is 0. The molecule has 170 valence electrons.